The average Bonchev–Trinajstić information content (AvgIpc) is 3.69. The van der Waals surface area contributed by atoms with E-state index < -0.39 is 16.1 Å². The van der Waals surface area contributed by atoms with Gasteiger partial charge >= 0.3 is 0 Å². The van der Waals surface area contributed by atoms with Crippen LogP contribution >= 0.6 is 54.5 Å². The number of Topliss-reactive ketones (excluding diaryl/α,β-unsaturated/α-hetero) is 2. The van der Waals surface area contributed by atoms with Crippen molar-refractivity contribution in [3.8, 4) is 11.3 Å². The third-order valence-electron chi connectivity index (χ3n) is 8.15. The molecule has 0 aliphatic carbocycles. The first-order chi connectivity index (χ1) is 22.9. The van der Waals surface area contributed by atoms with Crippen LogP contribution in [-0.4, -0.2) is 59.8 Å². The molecule has 0 radical (unpaired) electrons. The summed E-state index contributed by atoms with van der Waals surface area (Å²) >= 11 is 9.50. The number of hydrogen-bond donors (Lipinski definition) is 0. The van der Waals surface area contributed by atoms with Gasteiger partial charge in [0.05, 0.1) is 26.6 Å². The van der Waals surface area contributed by atoms with Crippen LogP contribution in [-0.2, 0) is 30.0 Å². The van der Waals surface area contributed by atoms with Crippen LogP contribution in [0, 0.1) is 3.70 Å². The lowest BCUT2D eigenvalue weighted by atomic mass is 10.1. The first-order valence-electron chi connectivity index (χ1n) is 16.3. The van der Waals surface area contributed by atoms with Crippen molar-refractivity contribution in [3.63, 3.8) is 0 Å². The van der Waals surface area contributed by atoms with Crippen molar-refractivity contribution >= 4 is 104 Å². The number of carbonyl (C=O) groups excluding carboxylic acids is 2. The number of carbonyl (C=O) groups is 2. The maximum absolute atomic E-state index is 12.3. The van der Waals surface area contributed by atoms with Gasteiger partial charge in [0, 0.05) is 79.0 Å². The molecule has 0 bridgehead atoms. The summed E-state index contributed by atoms with van der Waals surface area (Å²) in [5.41, 5.74) is 5.32. The number of ether oxygens (including phenoxy) is 2. The van der Waals surface area contributed by atoms with Crippen molar-refractivity contribution < 1.29 is 19.1 Å². The van der Waals surface area contributed by atoms with Gasteiger partial charge in [-0.3, -0.25) is 14.3 Å². The molecule has 0 amide bonds. The van der Waals surface area contributed by atoms with Crippen LogP contribution in [0.4, 0.5) is 0 Å². The van der Waals surface area contributed by atoms with Crippen molar-refractivity contribution in [1.29, 1.82) is 0 Å². The second-order valence-corrected chi connectivity index (χ2v) is 28.8. The molecular formula is C36H47Br2IN4O4Si2. The summed E-state index contributed by atoms with van der Waals surface area (Å²) in [7, 11) is -0.335. The lowest BCUT2D eigenvalue weighted by Gasteiger charge is -2.17. The molecule has 0 unspecified atom stereocenters. The molecule has 0 fully saturated rings. The lowest BCUT2D eigenvalue weighted by Crippen LogP contribution is -2.22. The SMILES string of the molecule is CC(=O)c1ccc(Br)c2cc(-c3cnn(C)c3)n(COCC[Si](C)(C)C)c12.CC(=O)c1ccc(Br)c2cc(I)n(COCC[Si](C)(C)C)c12. The molecule has 264 valence electrons. The van der Waals surface area contributed by atoms with Crippen molar-refractivity contribution in [3.05, 3.63) is 72.6 Å². The molecule has 49 heavy (non-hydrogen) atoms. The molecule has 3 aromatic heterocycles. The van der Waals surface area contributed by atoms with E-state index in [1.807, 2.05) is 43.7 Å². The number of hydrogen-bond acceptors (Lipinski definition) is 5. The highest BCUT2D eigenvalue weighted by Crippen LogP contribution is 2.35. The first kappa shape index (κ1) is 39.9. The smallest absolute Gasteiger partial charge is 0.161 e. The van der Waals surface area contributed by atoms with E-state index in [1.165, 1.54) is 0 Å². The summed E-state index contributed by atoms with van der Waals surface area (Å²) in [6.07, 6.45) is 3.82. The Bertz CT molecular complexity index is 1970. The van der Waals surface area contributed by atoms with E-state index >= 15 is 0 Å². The molecule has 0 N–H and O–H groups in total. The molecule has 13 heteroatoms. The van der Waals surface area contributed by atoms with Gasteiger partial charge in [0.1, 0.15) is 13.5 Å². The molecule has 0 aliphatic rings. The minimum Gasteiger partial charge on any atom is -0.361 e. The third kappa shape index (κ3) is 10.4. The van der Waals surface area contributed by atoms with E-state index in [4.69, 9.17) is 9.47 Å². The van der Waals surface area contributed by atoms with Crippen LogP contribution in [0.1, 0.15) is 34.6 Å². The van der Waals surface area contributed by atoms with Crippen molar-refractivity contribution in [2.75, 3.05) is 13.2 Å². The minimum absolute atomic E-state index is 0.0479. The fourth-order valence-corrected chi connectivity index (χ4v) is 8.43. The van der Waals surface area contributed by atoms with Gasteiger partial charge in [-0.1, -0.05) is 71.1 Å². The van der Waals surface area contributed by atoms with E-state index in [0.717, 1.165) is 76.6 Å². The summed E-state index contributed by atoms with van der Waals surface area (Å²) in [6, 6.07) is 14.1. The van der Waals surface area contributed by atoms with Gasteiger partial charge in [0.2, 0.25) is 0 Å². The standard InChI is InChI=1S/C20H26BrN3O2Si.C16H21BrINO2Si/c1-14(25)16-6-7-18(21)17-10-19(15-11-22-23(2)12-15)24(20(16)17)13-26-8-9-27(3,4)5;1-11(20)12-5-6-14(17)13-9-15(18)19(16(12)13)10-21-7-8-22(2,3)4/h6-7,10-12H,8-9,13H2,1-5H3;5-6,9H,7-8,10H2,1-4H3. The number of fused-ring (bicyclic) bond motifs is 2. The minimum atomic E-state index is -1.15. The second-order valence-electron chi connectivity index (χ2n) is 14.8. The highest BCUT2D eigenvalue weighted by atomic mass is 127. The van der Waals surface area contributed by atoms with Crippen LogP contribution in [0.3, 0.4) is 0 Å². The summed E-state index contributed by atoms with van der Waals surface area (Å²) in [4.78, 5) is 24.2. The summed E-state index contributed by atoms with van der Waals surface area (Å²) < 4.78 is 20.9. The molecule has 0 aliphatic heterocycles. The Balaban J connectivity index is 0.000000226. The predicted molar refractivity (Wildman–Crippen MR) is 222 cm³/mol. The van der Waals surface area contributed by atoms with Gasteiger partial charge in [-0.25, -0.2) is 0 Å². The van der Waals surface area contributed by atoms with Crippen LogP contribution in [0.5, 0.6) is 0 Å². The molecule has 3 heterocycles. The third-order valence-corrected chi connectivity index (χ3v) is 13.8. The maximum Gasteiger partial charge on any atom is 0.161 e. The number of halogens is 3. The highest BCUT2D eigenvalue weighted by Gasteiger charge is 2.20. The molecule has 0 saturated heterocycles. The first-order valence-corrected chi connectivity index (χ1v) is 26.4. The molecule has 0 saturated carbocycles. The van der Waals surface area contributed by atoms with Gasteiger partial charge in [-0.2, -0.15) is 5.10 Å². The number of nitrogens with zero attached hydrogens (tertiary/aromatic N) is 4. The topological polar surface area (TPSA) is 80.3 Å². The lowest BCUT2D eigenvalue weighted by molar-refractivity contribution is 0.0884. The fraction of sp³-hybridized carbons (Fsp3) is 0.417. The zero-order valence-electron chi connectivity index (χ0n) is 29.9. The van der Waals surface area contributed by atoms with Crippen molar-refractivity contribution in [2.24, 2.45) is 7.05 Å². The van der Waals surface area contributed by atoms with Gasteiger partial charge < -0.3 is 18.6 Å². The van der Waals surface area contributed by atoms with E-state index in [1.54, 1.807) is 18.5 Å². The Hall–Kier alpha value is -1.89. The fourth-order valence-electron chi connectivity index (χ4n) is 5.35. The maximum atomic E-state index is 12.3. The van der Waals surface area contributed by atoms with E-state index in [9.17, 15) is 9.59 Å². The van der Waals surface area contributed by atoms with Gasteiger partial charge in [-0.05, 0) is 84.9 Å². The molecule has 5 rings (SSSR count). The Morgan fingerprint density at radius 3 is 1.69 bits per heavy atom. The number of ketones is 2. The molecule has 5 aromatic rings. The monoisotopic (exact) mass is 940 g/mol. The second kappa shape index (κ2) is 16.6. The predicted octanol–water partition coefficient (Wildman–Crippen LogP) is 10.8. The Kier molecular flexibility index (Phi) is 13.5. The molecular weight excluding hydrogens is 895 g/mol. The highest BCUT2D eigenvalue weighted by molar-refractivity contribution is 14.1. The Morgan fingerprint density at radius 2 is 1.24 bits per heavy atom. The molecule has 2 aromatic carbocycles. The van der Waals surface area contributed by atoms with Crippen molar-refractivity contribution in [2.45, 2.75) is 78.7 Å². The normalized spacial score (nSPS) is 12.1. The quantitative estimate of drug-likeness (QED) is 0.0508. The molecule has 0 atom stereocenters. The molecule has 8 nitrogen and oxygen atoms in total. The van der Waals surface area contributed by atoms with Gasteiger partial charge in [0.15, 0.2) is 11.6 Å². The van der Waals surface area contributed by atoms with Gasteiger partial charge in [-0.15, -0.1) is 0 Å². The van der Waals surface area contributed by atoms with E-state index in [2.05, 4.69) is 120 Å². The average molecular weight is 943 g/mol. The van der Waals surface area contributed by atoms with Gasteiger partial charge in [0.25, 0.3) is 0 Å². The zero-order valence-corrected chi connectivity index (χ0v) is 37.2. The number of rotatable bonds is 13. The van der Waals surface area contributed by atoms with Crippen LogP contribution in [0.2, 0.25) is 51.4 Å². The number of benzene rings is 2. The summed E-state index contributed by atoms with van der Waals surface area (Å²) in [6.45, 7) is 19.7. The number of aromatic nitrogens is 4. The van der Waals surface area contributed by atoms with Crippen molar-refractivity contribution in [1.82, 2.24) is 18.9 Å². The largest absolute Gasteiger partial charge is 0.361 e. The number of aryl methyl sites for hydroxylation is 1. The Morgan fingerprint density at radius 1 is 0.776 bits per heavy atom. The van der Waals surface area contributed by atoms with E-state index in [0.29, 0.717) is 19.0 Å². The summed E-state index contributed by atoms with van der Waals surface area (Å²) in [5, 5.41) is 6.37. The van der Waals surface area contributed by atoms with Crippen LogP contribution < -0.4 is 0 Å². The Labute approximate surface area is 322 Å². The van der Waals surface area contributed by atoms with E-state index in [-0.39, 0.29) is 11.6 Å². The molecule has 0 spiro atoms. The van der Waals surface area contributed by atoms with Crippen LogP contribution in [0.25, 0.3) is 33.1 Å². The van der Waals surface area contributed by atoms with Crippen LogP contribution in [0.15, 0.2) is 57.7 Å². The zero-order chi connectivity index (χ0) is 36.3. The summed E-state index contributed by atoms with van der Waals surface area (Å²) in [5.74, 6) is 0.127.